The first-order chi connectivity index (χ1) is 20.5. The van der Waals surface area contributed by atoms with Gasteiger partial charge in [0.2, 0.25) is 0 Å². The molecule has 1 amide bonds. The Labute approximate surface area is 246 Å². The third-order valence-corrected chi connectivity index (χ3v) is 8.41. The van der Waals surface area contributed by atoms with Crippen LogP contribution < -0.4 is 15.1 Å². The van der Waals surface area contributed by atoms with Crippen molar-refractivity contribution in [3.8, 4) is 0 Å². The third-order valence-electron chi connectivity index (χ3n) is 8.41. The zero-order valence-electron chi connectivity index (χ0n) is 23.9. The predicted molar refractivity (Wildman–Crippen MR) is 166 cm³/mol. The fourth-order valence-corrected chi connectivity index (χ4v) is 6.28. The van der Waals surface area contributed by atoms with Crippen molar-refractivity contribution in [2.75, 3.05) is 28.2 Å². The number of carbonyl (C=O) groups excluding carboxylic acids is 2. The summed E-state index contributed by atoms with van der Waals surface area (Å²) < 4.78 is 13.7. The van der Waals surface area contributed by atoms with Crippen molar-refractivity contribution in [3.05, 3.63) is 137 Å². The average molecular weight is 560 g/mol. The van der Waals surface area contributed by atoms with E-state index in [-0.39, 0.29) is 29.8 Å². The maximum Gasteiger partial charge on any atom is 0.259 e. The number of hydrogen-bond acceptors (Lipinski definition) is 4. The highest BCUT2D eigenvalue weighted by Crippen LogP contribution is 2.48. The smallest absolute Gasteiger partial charge is 0.259 e. The van der Waals surface area contributed by atoms with E-state index < -0.39 is 6.04 Å². The summed E-state index contributed by atoms with van der Waals surface area (Å²) in [4.78, 5) is 32.7. The van der Waals surface area contributed by atoms with Crippen molar-refractivity contribution in [1.29, 1.82) is 0 Å². The average Bonchev–Trinajstić information content (AvgIpc) is 3.17. The number of Topliss-reactive ketones (excluding diaryl/α,β-unsaturated/α-hetero) is 1. The summed E-state index contributed by atoms with van der Waals surface area (Å²) in [5.74, 6) is -0.594. The van der Waals surface area contributed by atoms with Gasteiger partial charge in [0.15, 0.2) is 5.78 Å². The molecule has 6 rings (SSSR count). The van der Waals surface area contributed by atoms with E-state index in [0.29, 0.717) is 23.2 Å². The topological polar surface area (TPSA) is 52.7 Å². The van der Waals surface area contributed by atoms with Crippen LogP contribution in [0.15, 0.2) is 114 Å². The Morgan fingerprint density at radius 2 is 1.48 bits per heavy atom. The number of amides is 1. The van der Waals surface area contributed by atoms with E-state index in [0.717, 1.165) is 41.3 Å². The number of nitrogens with one attached hydrogen (secondary N) is 1. The number of hydrogen-bond donors (Lipinski definition) is 1. The molecule has 0 aromatic heterocycles. The Bertz CT molecular complexity index is 1630. The maximum absolute atomic E-state index is 14.4. The fraction of sp³-hybridized carbons (Fsp3) is 0.222. The molecule has 0 fully saturated rings. The van der Waals surface area contributed by atoms with Crippen molar-refractivity contribution in [2.24, 2.45) is 0 Å². The molecule has 1 heterocycles. The number of nitrogens with zero attached hydrogens (tertiary/aromatic N) is 2. The fourth-order valence-electron chi connectivity index (χ4n) is 6.28. The van der Waals surface area contributed by atoms with Crippen LogP contribution >= 0.6 is 0 Å². The number of para-hydroxylation sites is 2. The van der Waals surface area contributed by atoms with Crippen LogP contribution in [0.4, 0.5) is 21.5 Å². The highest BCUT2D eigenvalue weighted by Gasteiger charge is 2.41. The minimum Gasteiger partial charge on any atom is -0.372 e. The van der Waals surface area contributed by atoms with E-state index in [4.69, 9.17) is 0 Å². The van der Waals surface area contributed by atoms with E-state index >= 15 is 0 Å². The molecule has 0 unspecified atom stereocenters. The van der Waals surface area contributed by atoms with Crippen molar-refractivity contribution in [1.82, 2.24) is 0 Å². The monoisotopic (exact) mass is 559 g/mol. The molecule has 0 bridgehead atoms. The van der Waals surface area contributed by atoms with Crippen LogP contribution in [-0.4, -0.2) is 24.8 Å². The SMILES string of the molecule is CCN(CC)c1ccc([C@H]2C3=C(C[C@H](c4ccc(F)cc4)CC3=O)Nc3ccccc3N2C(=O)c2ccccc2)cc1. The summed E-state index contributed by atoms with van der Waals surface area (Å²) in [5.41, 5.74) is 6.32. The van der Waals surface area contributed by atoms with Gasteiger partial charge in [0.1, 0.15) is 5.82 Å². The molecule has 0 saturated heterocycles. The van der Waals surface area contributed by atoms with Crippen LogP contribution in [0.5, 0.6) is 0 Å². The largest absolute Gasteiger partial charge is 0.372 e. The molecule has 4 aromatic rings. The Hall–Kier alpha value is -4.71. The Morgan fingerprint density at radius 3 is 2.17 bits per heavy atom. The Morgan fingerprint density at radius 1 is 0.833 bits per heavy atom. The number of benzene rings is 4. The second kappa shape index (κ2) is 11.6. The van der Waals surface area contributed by atoms with Crippen molar-refractivity contribution >= 4 is 28.8 Å². The number of allylic oxidation sites excluding steroid dienone is 1. The number of halogens is 1. The molecule has 42 heavy (non-hydrogen) atoms. The second-order valence-corrected chi connectivity index (χ2v) is 10.8. The van der Waals surface area contributed by atoms with Gasteiger partial charge < -0.3 is 10.2 Å². The molecule has 0 radical (unpaired) electrons. The Kier molecular flexibility index (Phi) is 7.62. The van der Waals surface area contributed by atoms with Crippen molar-refractivity contribution < 1.29 is 14.0 Å². The van der Waals surface area contributed by atoms with Crippen LogP contribution in [-0.2, 0) is 4.79 Å². The summed E-state index contributed by atoms with van der Waals surface area (Å²) in [6.45, 7) is 6.02. The molecule has 0 spiro atoms. The first-order valence-electron chi connectivity index (χ1n) is 14.6. The molecule has 5 nitrogen and oxygen atoms in total. The van der Waals surface area contributed by atoms with E-state index in [9.17, 15) is 14.0 Å². The van der Waals surface area contributed by atoms with Gasteiger partial charge >= 0.3 is 0 Å². The standard InChI is InChI=1S/C36H34FN3O2/c1-3-39(4-2)29-20-16-25(17-21-29)35-34-31(22-27(23-33(34)41)24-14-18-28(37)19-15-24)38-30-12-8-9-13-32(30)40(35)36(42)26-10-6-5-7-11-26/h5-21,27,35,38H,3-4,22-23H2,1-2H3/t27-,35-/m0/s1. The zero-order chi connectivity index (χ0) is 29.2. The van der Waals surface area contributed by atoms with E-state index in [1.54, 1.807) is 17.0 Å². The van der Waals surface area contributed by atoms with Crippen LogP contribution in [0.3, 0.4) is 0 Å². The second-order valence-electron chi connectivity index (χ2n) is 10.8. The van der Waals surface area contributed by atoms with Crippen molar-refractivity contribution in [3.63, 3.8) is 0 Å². The van der Waals surface area contributed by atoms with E-state index in [1.807, 2.05) is 66.7 Å². The molecule has 1 aliphatic carbocycles. The van der Waals surface area contributed by atoms with Gasteiger partial charge in [-0.25, -0.2) is 4.39 Å². The van der Waals surface area contributed by atoms with Gasteiger partial charge in [0, 0.05) is 42.0 Å². The number of fused-ring (bicyclic) bond motifs is 1. The molecule has 0 saturated carbocycles. The summed E-state index contributed by atoms with van der Waals surface area (Å²) in [7, 11) is 0. The van der Waals surface area contributed by atoms with Gasteiger partial charge in [-0.3, -0.25) is 14.5 Å². The normalized spacial score (nSPS) is 18.1. The highest BCUT2D eigenvalue weighted by molar-refractivity contribution is 6.12. The molecule has 1 aliphatic heterocycles. The zero-order valence-corrected chi connectivity index (χ0v) is 23.9. The van der Waals surface area contributed by atoms with E-state index in [1.165, 1.54) is 12.1 Å². The lowest BCUT2D eigenvalue weighted by atomic mass is 9.78. The first kappa shape index (κ1) is 27.5. The van der Waals surface area contributed by atoms with Crippen molar-refractivity contribution in [2.45, 2.75) is 38.6 Å². The van der Waals surface area contributed by atoms with E-state index in [2.05, 4.69) is 36.2 Å². The lowest BCUT2D eigenvalue weighted by molar-refractivity contribution is -0.116. The van der Waals surface area contributed by atoms with Gasteiger partial charge in [0.25, 0.3) is 5.91 Å². The molecule has 2 aliphatic rings. The molecule has 1 N–H and O–H groups in total. The number of carbonyl (C=O) groups is 2. The quantitative estimate of drug-likeness (QED) is 0.261. The maximum atomic E-state index is 14.4. The third kappa shape index (κ3) is 5.09. The minimum absolute atomic E-state index is 0.0189. The molecule has 2 atom stereocenters. The van der Waals surface area contributed by atoms with Gasteiger partial charge in [-0.15, -0.1) is 0 Å². The highest BCUT2D eigenvalue weighted by atomic mass is 19.1. The molecule has 6 heteroatoms. The number of anilines is 3. The predicted octanol–water partition coefficient (Wildman–Crippen LogP) is 7.89. The van der Waals surface area contributed by atoms with Gasteiger partial charge in [-0.05, 0) is 85.8 Å². The minimum atomic E-state index is -0.628. The van der Waals surface area contributed by atoms with Crippen LogP contribution in [0.1, 0.15) is 60.1 Å². The first-order valence-corrected chi connectivity index (χ1v) is 14.6. The summed E-state index contributed by atoms with van der Waals surface area (Å²) in [5, 5.41) is 3.57. The van der Waals surface area contributed by atoms with Gasteiger partial charge in [-0.2, -0.15) is 0 Å². The van der Waals surface area contributed by atoms with Gasteiger partial charge in [0.05, 0.1) is 17.4 Å². The lowest BCUT2D eigenvalue weighted by Gasteiger charge is -2.35. The Balaban J connectivity index is 1.53. The number of ketones is 1. The summed E-state index contributed by atoms with van der Waals surface area (Å²) in [6.07, 6.45) is 0.853. The van der Waals surface area contributed by atoms with Crippen LogP contribution in [0.25, 0.3) is 0 Å². The lowest BCUT2D eigenvalue weighted by Crippen LogP contribution is -2.38. The molecule has 4 aromatic carbocycles. The molecular formula is C36H34FN3O2. The van der Waals surface area contributed by atoms with Crippen LogP contribution in [0.2, 0.25) is 0 Å². The molecule has 212 valence electrons. The number of rotatable bonds is 6. The van der Waals surface area contributed by atoms with Gasteiger partial charge in [-0.1, -0.05) is 54.6 Å². The summed E-state index contributed by atoms with van der Waals surface area (Å²) >= 11 is 0. The molecular weight excluding hydrogens is 525 g/mol. The van der Waals surface area contributed by atoms with Crippen LogP contribution in [0, 0.1) is 5.82 Å². The summed E-state index contributed by atoms with van der Waals surface area (Å²) in [6, 6.07) is 31.0.